The number of fused-ring (bicyclic) bond motifs is 3. The lowest BCUT2D eigenvalue weighted by molar-refractivity contribution is -0.169. The third-order valence-electron chi connectivity index (χ3n) is 20.8. The normalized spacial score (nSPS) is 25.5. The minimum atomic E-state index is -1.03. The number of ether oxygens (including phenoxy) is 13. The second-order valence-electron chi connectivity index (χ2n) is 28.9. The Balaban J connectivity index is 0.000000155. The Kier molecular flexibility index (Phi) is 28.5. The molecule has 24 nitrogen and oxygen atoms in total. The average Bonchev–Trinajstić information content (AvgIpc) is 1.54. The highest BCUT2D eigenvalue weighted by molar-refractivity contribution is 5.96. The molecule has 0 N–H and O–H groups in total. The van der Waals surface area contributed by atoms with Gasteiger partial charge < -0.3 is 61.6 Å². The van der Waals surface area contributed by atoms with Crippen LogP contribution in [-0.2, 0) is 114 Å². The summed E-state index contributed by atoms with van der Waals surface area (Å²) >= 11 is 0. The van der Waals surface area contributed by atoms with E-state index in [9.17, 15) is 52.7 Å². The van der Waals surface area contributed by atoms with E-state index in [0.29, 0.717) is 70.6 Å². The second kappa shape index (κ2) is 37.3. The third kappa shape index (κ3) is 22.5. The number of rotatable bonds is 24. The highest BCUT2D eigenvalue weighted by Crippen LogP contribution is 2.60. The molecular weight excluding hydrogens is 1280 g/mol. The molecule has 10 fully saturated rings. The van der Waals surface area contributed by atoms with Gasteiger partial charge in [-0.2, -0.15) is 0 Å². The molecule has 5 heterocycles. The van der Waals surface area contributed by atoms with Crippen LogP contribution in [0.3, 0.4) is 0 Å². The van der Waals surface area contributed by atoms with E-state index in [2.05, 4.69) is 12.1 Å². The highest BCUT2D eigenvalue weighted by Gasteiger charge is 2.52. The van der Waals surface area contributed by atoms with Gasteiger partial charge in [0.25, 0.3) is 0 Å². The smallest absolute Gasteiger partial charge is 0.320 e. The van der Waals surface area contributed by atoms with Crippen LogP contribution in [0.2, 0.25) is 0 Å². The molecule has 5 saturated heterocycles. The van der Waals surface area contributed by atoms with Gasteiger partial charge in [0.2, 0.25) is 0 Å². The number of carbonyl (C=O) groups is 11. The summed E-state index contributed by atoms with van der Waals surface area (Å²) < 4.78 is 67.2. The van der Waals surface area contributed by atoms with Crippen LogP contribution in [0.1, 0.15) is 160 Å². The summed E-state index contributed by atoms with van der Waals surface area (Å²) in [6.07, 6.45) is 17.7. The van der Waals surface area contributed by atoms with Gasteiger partial charge in [0.1, 0.15) is 6.61 Å². The van der Waals surface area contributed by atoms with Crippen LogP contribution in [0.5, 0.6) is 0 Å². The zero-order valence-corrected chi connectivity index (χ0v) is 57.8. The number of hydrogen-bond acceptors (Lipinski definition) is 24. The summed E-state index contributed by atoms with van der Waals surface area (Å²) in [4.78, 5) is 130. The molecule has 5 aliphatic heterocycles. The van der Waals surface area contributed by atoms with E-state index < -0.39 is 71.4 Å². The van der Waals surface area contributed by atoms with Crippen LogP contribution in [0, 0.1) is 82.3 Å². The highest BCUT2D eigenvalue weighted by atomic mass is 16.6. The van der Waals surface area contributed by atoms with Crippen molar-refractivity contribution < 1.29 is 114 Å². The van der Waals surface area contributed by atoms with Gasteiger partial charge in [-0.15, -0.1) is 0 Å². The Bertz CT molecular complexity index is 2990. The molecule has 2 aromatic rings. The van der Waals surface area contributed by atoms with Crippen molar-refractivity contribution in [2.75, 3.05) is 99.1 Å². The maximum absolute atomic E-state index is 12.4. The van der Waals surface area contributed by atoms with Gasteiger partial charge in [0.15, 0.2) is 23.7 Å². The predicted octanol–water partition coefficient (Wildman–Crippen LogP) is 8.99. The molecule has 24 heteroatoms. The van der Waals surface area contributed by atoms with Gasteiger partial charge in [0.05, 0.1) is 85.3 Å². The van der Waals surface area contributed by atoms with Crippen molar-refractivity contribution in [1.82, 2.24) is 0 Å². The van der Waals surface area contributed by atoms with Crippen molar-refractivity contribution in [2.45, 2.75) is 149 Å². The standard InChI is InChI=1S/C23H22O6.C20H28O6.C16H26O6.C16H24O6/c1-14(22(25)28-12-15-10-21(24)27-11-15)23(26)29-13-20-18-8-4-2-6-16(18)17-7-3-5-9-19(17)20;1-12(18(22)25-10-16-5-17(21)24-9-16)19(23)26-11-20-6-13-2-14(7-20)4-15(3-13)8-20;1-12(15(17)21-10-13-2-6-19-7-3-13)16(18)22-11-14-4-8-20-9-5-14;1-11(15(18)21-8-12-5-3-2-4-6-12)16(19)22-10-13-7-14(17)20-9-13/h2-9,14-15,20H,10-13H2,1H3;12-16H,2-11H2,1H3;12-14H,2-11H2,1H3;11-13H,2-10H2,1H3. The van der Waals surface area contributed by atoms with Crippen molar-refractivity contribution in [3.05, 3.63) is 59.7 Å². The largest absolute Gasteiger partial charge is 0.465 e. The van der Waals surface area contributed by atoms with Crippen LogP contribution in [0.15, 0.2) is 48.5 Å². The predicted molar refractivity (Wildman–Crippen MR) is 350 cm³/mol. The van der Waals surface area contributed by atoms with E-state index in [1.807, 2.05) is 36.4 Å². The van der Waals surface area contributed by atoms with Crippen LogP contribution < -0.4 is 0 Å². The molecule has 0 spiro atoms. The van der Waals surface area contributed by atoms with Crippen molar-refractivity contribution in [2.24, 2.45) is 82.3 Å². The van der Waals surface area contributed by atoms with Crippen LogP contribution in [0.4, 0.5) is 0 Å². The van der Waals surface area contributed by atoms with Crippen molar-refractivity contribution in [3.63, 3.8) is 0 Å². The fourth-order valence-corrected chi connectivity index (χ4v) is 15.1. The van der Waals surface area contributed by atoms with Gasteiger partial charge in [-0.25, -0.2) is 0 Å². The van der Waals surface area contributed by atoms with Crippen molar-refractivity contribution in [1.29, 1.82) is 0 Å². The Hall–Kier alpha value is -7.47. The summed E-state index contributed by atoms with van der Waals surface area (Å²) in [7, 11) is 0. The van der Waals surface area contributed by atoms with E-state index in [1.54, 1.807) is 6.92 Å². The lowest BCUT2D eigenvalue weighted by Crippen LogP contribution is -2.48. The molecule has 11 aliphatic rings. The lowest BCUT2D eigenvalue weighted by Gasteiger charge is -2.56. The van der Waals surface area contributed by atoms with Gasteiger partial charge in [0, 0.05) is 55.5 Å². The first kappa shape index (κ1) is 75.7. The summed E-state index contributed by atoms with van der Waals surface area (Å²) in [5.74, 6) is -5.99. The molecule has 4 bridgehead atoms. The Morgan fingerprint density at radius 3 is 1.00 bits per heavy atom. The maximum Gasteiger partial charge on any atom is 0.320 e. The summed E-state index contributed by atoms with van der Waals surface area (Å²) in [5.41, 5.74) is 4.66. The Morgan fingerprint density at radius 2 is 0.677 bits per heavy atom. The monoisotopic (exact) mass is 1380 g/mol. The summed E-state index contributed by atoms with van der Waals surface area (Å²) in [6.45, 7) is 11.7. The summed E-state index contributed by atoms with van der Waals surface area (Å²) in [5, 5.41) is 0. The molecule has 99 heavy (non-hydrogen) atoms. The van der Waals surface area contributed by atoms with E-state index >= 15 is 0 Å². The Morgan fingerprint density at radius 1 is 0.384 bits per heavy atom. The van der Waals surface area contributed by atoms with Crippen LogP contribution in [0.25, 0.3) is 11.1 Å². The Labute approximate surface area is 579 Å². The molecular formula is C75H100O24. The van der Waals surface area contributed by atoms with Crippen molar-refractivity contribution >= 4 is 65.7 Å². The number of benzene rings is 2. The SMILES string of the molecule is CC(C(=O)OCC1CCCCC1)C(=O)OCC1COC(=O)C1.CC(C(=O)OCC1CCOCC1)C(=O)OCC1CCOCC1.CC(C(=O)OCC1COC(=O)C1)C(=O)OCC12CC3CC(CC(C3)C1)C2.CC(C(=O)OCC1COC(=O)C1)C(=O)OCC1c2ccccc2-c2ccccc21. The molecule has 2 aromatic carbocycles. The molecule has 0 radical (unpaired) electrons. The number of carbonyl (C=O) groups excluding carboxylic acids is 11. The van der Waals surface area contributed by atoms with Crippen molar-refractivity contribution in [3.8, 4) is 11.1 Å². The van der Waals surface area contributed by atoms with E-state index in [-0.39, 0.29) is 113 Å². The van der Waals surface area contributed by atoms with Gasteiger partial charge >= 0.3 is 65.7 Å². The minimum Gasteiger partial charge on any atom is -0.465 e. The zero-order valence-electron chi connectivity index (χ0n) is 57.8. The number of hydrogen-bond donors (Lipinski definition) is 0. The molecule has 6 aliphatic carbocycles. The molecule has 0 aromatic heterocycles. The van der Waals surface area contributed by atoms with Crippen LogP contribution >= 0.6 is 0 Å². The molecule has 13 rings (SSSR count). The molecule has 6 unspecified atom stereocenters. The second-order valence-corrected chi connectivity index (χ2v) is 28.9. The minimum absolute atomic E-state index is 0.0591. The summed E-state index contributed by atoms with van der Waals surface area (Å²) in [6, 6.07) is 16.1. The average molecular weight is 1390 g/mol. The van der Waals surface area contributed by atoms with E-state index in [0.717, 1.165) is 78.5 Å². The van der Waals surface area contributed by atoms with E-state index in [1.165, 1.54) is 78.6 Å². The third-order valence-corrected chi connectivity index (χ3v) is 20.8. The topological polar surface area (TPSA) is 308 Å². The van der Waals surface area contributed by atoms with E-state index in [4.69, 9.17) is 61.6 Å². The first-order valence-corrected chi connectivity index (χ1v) is 35.8. The fraction of sp³-hybridized carbons (Fsp3) is 0.693. The van der Waals surface area contributed by atoms with Crippen LogP contribution in [-0.4, -0.2) is 165 Å². The maximum atomic E-state index is 12.4. The quantitative estimate of drug-likeness (QED) is 0.0537. The first-order valence-electron chi connectivity index (χ1n) is 35.8. The van der Waals surface area contributed by atoms with Gasteiger partial charge in [-0.1, -0.05) is 67.8 Å². The fourth-order valence-electron chi connectivity index (χ4n) is 15.1. The number of cyclic esters (lactones) is 3. The lowest BCUT2D eigenvalue weighted by atomic mass is 9.50. The number of esters is 11. The zero-order chi connectivity index (χ0) is 70.4. The molecule has 0 amide bonds. The molecule has 544 valence electrons. The van der Waals surface area contributed by atoms with Gasteiger partial charge in [-0.3, -0.25) is 52.7 Å². The molecule has 6 atom stereocenters. The molecule has 5 saturated carbocycles. The first-order chi connectivity index (χ1) is 47.7. The van der Waals surface area contributed by atoms with Gasteiger partial charge in [-0.05, 0) is 163 Å².